The molecule has 20 heavy (non-hydrogen) atoms. The van der Waals surface area contributed by atoms with Gasteiger partial charge in [0.15, 0.2) is 0 Å². The van der Waals surface area contributed by atoms with Crippen LogP contribution in [0, 0.1) is 0 Å². The molecule has 1 aromatic carbocycles. The molecule has 2 rings (SSSR count). The van der Waals surface area contributed by atoms with Gasteiger partial charge in [-0.15, -0.1) is 0 Å². The van der Waals surface area contributed by atoms with Gasteiger partial charge in [0.2, 0.25) is 11.8 Å². The summed E-state index contributed by atoms with van der Waals surface area (Å²) in [7, 11) is 0. The number of nitrogens with one attached hydrogen (secondary N) is 1. The minimum absolute atomic E-state index is 0.140. The molecule has 1 aromatic rings. The second-order valence-electron chi connectivity index (χ2n) is 4.50. The van der Waals surface area contributed by atoms with Crippen molar-refractivity contribution >= 4 is 41.1 Å². The Morgan fingerprint density at radius 3 is 2.95 bits per heavy atom. The Kier molecular flexibility index (Phi) is 4.68. The van der Waals surface area contributed by atoms with E-state index in [1.54, 1.807) is 31.2 Å². The van der Waals surface area contributed by atoms with Crippen molar-refractivity contribution in [2.75, 3.05) is 13.1 Å². The highest BCUT2D eigenvalue weighted by atomic mass is 35.5. The fourth-order valence-electron chi connectivity index (χ4n) is 1.98. The van der Waals surface area contributed by atoms with E-state index in [4.69, 9.17) is 23.2 Å². The van der Waals surface area contributed by atoms with Gasteiger partial charge in [0.05, 0.1) is 0 Å². The predicted octanol–water partition coefficient (Wildman–Crippen LogP) is 2.35. The fourth-order valence-corrected chi connectivity index (χ4v) is 2.34. The predicted molar refractivity (Wildman–Crippen MR) is 79.7 cm³/mol. The monoisotopic (exact) mass is 312 g/mol. The summed E-state index contributed by atoms with van der Waals surface area (Å²) in [5.74, 6) is -0.359. The van der Waals surface area contributed by atoms with Gasteiger partial charge >= 0.3 is 0 Å². The van der Waals surface area contributed by atoms with Crippen LogP contribution in [0.15, 0.2) is 24.3 Å². The Morgan fingerprint density at radius 2 is 2.20 bits per heavy atom. The lowest BCUT2D eigenvalue weighted by molar-refractivity contribution is -0.139. The number of nitrogens with zero attached hydrogens (tertiary/aromatic N) is 1. The number of piperazine rings is 1. The third kappa shape index (κ3) is 3.32. The van der Waals surface area contributed by atoms with Gasteiger partial charge < -0.3 is 10.2 Å². The minimum Gasteiger partial charge on any atom is -0.353 e. The number of benzene rings is 1. The molecule has 1 fully saturated rings. The normalized spacial score (nSPS) is 19.2. The van der Waals surface area contributed by atoms with E-state index in [9.17, 15) is 9.59 Å². The lowest BCUT2D eigenvalue weighted by atomic mass is 10.1. The van der Waals surface area contributed by atoms with Gasteiger partial charge in [0.25, 0.3) is 0 Å². The zero-order valence-electron chi connectivity index (χ0n) is 10.9. The summed E-state index contributed by atoms with van der Waals surface area (Å²) in [6.45, 7) is 2.67. The van der Waals surface area contributed by atoms with E-state index in [2.05, 4.69) is 5.32 Å². The van der Waals surface area contributed by atoms with Gasteiger partial charge in [0.1, 0.15) is 6.04 Å². The maximum Gasteiger partial charge on any atom is 0.247 e. The lowest BCUT2D eigenvalue weighted by Crippen LogP contribution is -2.55. The van der Waals surface area contributed by atoms with E-state index in [0.717, 1.165) is 0 Å². The SMILES string of the molecule is CC1C(=O)NCCN1C(=O)/C=C/c1cc(Cl)ccc1Cl. The van der Waals surface area contributed by atoms with Gasteiger partial charge in [0, 0.05) is 29.2 Å². The summed E-state index contributed by atoms with van der Waals surface area (Å²) in [6, 6.07) is 4.57. The molecule has 4 nitrogen and oxygen atoms in total. The van der Waals surface area contributed by atoms with Gasteiger partial charge in [-0.25, -0.2) is 0 Å². The number of carbonyl (C=O) groups excluding carboxylic acids is 2. The van der Waals surface area contributed by atoms with Crippen LogP contribution in [0.5, 0.6) is 0 Å². The van der Waals surface area contributed by atoms with Crippen molar-refractivity contribution in [2.45, 2.75) is 13.0 Å². The highest BCUT2D eigenvalue weighted by molar-refractivity contribution is 6.34. The van der Waals surface area contributed by atoms with Gasteiger partial charge in [-0.2, -0.15) is 0 Å². The molecular formula is C14H14Cl2N2O2. The zero-order chi connectivity index (χ0) is 14.7. The first-order valence-corrected chi connectivity index (χ1v) is 6.96. The van der Waals surface area contributed by atoms with Crippen molar-refractivity contribution in [1.29, 1.82) is 0 Å². The Labute approximate surface area is 127 Å². The third-order valence-electron chi connectivity index (χ3n) is 3.15. The van der Waals surface area contributed by atoms with Gasteiger partial charge in [-0.05, 0) is 36.8 Å². The molecule has 0 saturated carbocycles. The highest BCUT2D eigenvalue weighted by Gasteiger charge is 2.27. The molecule has 1 heterocycles. The second kappa shape index (κ2) is 6.29. The molecule has 0 radical (unpaired) electrons. The van der Waals surface area contributed by atoms with Crippen LogP contribution in [0.1, 0.15) is 12.5 Å². The average molecular weight is 313 g/mol. The summed E-state index contributed by atoms with van der Waals surface area (Å²) in [5, 5.41) is 3.78. The number of hydrogen-bond donors (Lipinski definition) is 1. The van der Waals surface area contributed by atoms with Crippen LogP contribution in [0.4, 0.5) is 0 Å². The van der Waals surface area contributed by atoms with Crippen molar-refractivity contribution in [1.82, 2.24) is 10.2 Å². The van der Waals surface area contributed by atoms with Crippen molar-refractivity contribution in [3.63, 3.8) is 0 Å². The maximum atomic E-state index is 12.1. The fraction of sp³-hybridized carbons (Fsp3) is 0.286. The summed E-state index contributed by atoms with van der Waals surface area (Å²) < 4.78 is 0. The molecule has 0 spiro atoms. The smallest absolute Gasteiger partial charge is 0.247 e. The average Bonchev–Trinajstić information content (AvgIpc) is 2.42. The topological polar surface area (TPSA) is 49.4 Å². The summed E-state index contributed by atoms with van der Waals surface area (Å²) in [5.41, 5.74) is 0.668. The first kappa shape index (κ1) is 14.9. The van der Waals surface area contributed by atoms with E-state index in [0.29, 0.717) is 28.7 Å². The zero-order valence-corrected chi connectivity index (χ0v) is 12.4. The van der Waals surface area contributed by atoms with Crippen molar-refractivity contribution in [3.05, 3.63) is 39.9 Å². The number of halogens is 2. The number of hydrogen-bond acceptors (Lipinski definition) is 2. The molecule has 0 bridgehead atoms. The number of rotatable bonds is 2. The van der Waals surface area contributed by atoms with Crippen LogP contribution in [0.3, 0.4) is 0 Å². The van der Waals surface area contributed by atoms with Crippen molar-refractivity contribution in [2.24, 2.45) is 0 Å². The molecule has 2 amide bonds. The van der Waals surface area contributed by atoms with Gasteiger partial charge in [-0.3, -0.25) is 9.59 Å². The summed E-state index contributed by atoms with van der Waals surface area (Å²) in [4.78, 5) is 25.1. The number of amides is 2. The largest absolute Gasteiger partial charge is 0.353 e. The first-order chi connectivity index (χ1) is 9.49. The Hall–Kier alpha value is -1.52. The summed E-state index contributed by atoms with van der Waals surface area (Å²) >= 11 is 11.9. The Morgan fingerprint density at radius 1 is 1.45 bits per heavy atom. The van der Waals surface area contributed by atoms with Crippen molar-refractivity contribution in [3.8, 4) is 0 Å². The van der Waals surface area contributed by atoms with E-state index in [1.807, 2.05) is 0 Å². The maximum absolute atomic E-state index is 12.1. The highest BCUT2D eigenvalue weighted by Crippen LogP contribution is 2.22. The Bertz CT molecular complexity index is 572. The molecule has 1 aliphatic heterocycles. The summed E-state index contributed by atoms with van der Waals surface area (Å²) in [6.07, 6.45) is 3.02. The quantitative estimate of drug-likeness (QED) is 0.852. The molecule has 0 aromatic heterocycles. The third-order valence-corrected chi connectivity index (χ3v) is 3.72. The number of carbonyl (C=O) groups is 2. The van der Waals surface area contributed by atoms with Gasteiger partial charge in [-0.1, -0.05) is 23.2 Å². The molecule has 0 aliphatic carbocycles. The molecule has 1 atom stereocenters. The van der Waals surface area contributed by atoms with Crippen LogP contribution in [-0.4, -0.2) is 35.8 Å². The van der Waals surface area contributed by atoms with Crippen LogP contribution >= 0.6 is 23.2 Å². The van der Waals surface area contributed by atoms with E-state index in [-0.39, 0.29) is 11.8 Å². The van der Waals surface area contributed by atoms with E-state index in [1.165, 1.54) is 11.0 Å². The van der Waals surface area contributed by atoms with E-state index >= 15 is 0 Å². The molecule has 106 valence electrons. The molecular weight excluding hydrogens is 299 g/mol. The minimum atomic E-state index is -0.462. The van der Waals surface area contributed by atoms with Crippen LogP contribution in [0.25, 0.3) is 6.08 Å². The van der Waals surface area contributed by atoms with Crippen LogP contribution in [-0.2, 0) is 9.59 Å². The van der Waals surface area contributed by atoms with E-state index < -0.39 is 6.04 Å². The standard InChI is InChI=1S/C14H14Cl2N2O2/c1-9-14(20)17-6-7-18(9)13(19)5-2-10-8-11(15)3-4-12(10)16/h2-5,8-9H,6-7H2,1H3,(H,17,20)/b5-2+. The van der Waals surface area contributed by atoms with Crippen LogP contribution in [0.2, 0.25) is 10.0 Å². The van der Waals surface area contributed by atoms with Crippen LogP contribution < -0.4 is 5.32 Å². The molecule has 1 unspecified atom stereocenters. The first-order valence-electron chi connectivity index (χ1n) is 6.20. The molecule has 1 N–H and O–H groups in total. The molecule has 6 heteroatoms. The Balaban J connectivity index is 2.12. The molecule has 1 aliphatic rings. The van der Waals surface area contributed by atoms with Crippen molar-refractivity contribution < 1.29 is 9.59 Å². The molecule has 1 saturated heterocycles. The lowest BCUT2D eigenvalue weighted by Gasteiger charge is -2.31. The second-order valence-corrected chi connectivity index (χ2v) is 5.34.